The summed E-state index contributed by atoms with van der Waals surface area (Å²) in [6, 6.07) is 17.8. The lowest BCUT2D eigenvalue weighted by atomic mass is 10.1. The number of thiazole rings is 1. The molecule has 2 aromatic heterocycles. The van der Waals surface area contributed by atoms with Gasteiger partial charge in [-0.1, -0.05) is 12.1 Å². The number of pyridine rings is 1. The third-order valence-corrected chi connectivity index (χ3v) is 5.30. The molecule has 0 aliphatic rings. The summed E-state index contributed by atoms with van der Waals surface area (Å²) in [6.07, 6.45) is 1.57. The standard InChI is InChI=1S/C22H18N4O2S/c1-14(16-7-10-18-20(12-16)29-13-24-18)25-21(27)15-5-8-17(9-6-15)26-22(28)19-4-2-3-11-23-19/h2-14H,1H3,(H,25,27)(H,26,28). The van der Waals surface area contributed by atoms with Crippen molar-refractivity contribution in [2.75, 3.05) is 5.32 Å². The first-order valence-electron chi connectivity index (χ1n) is 9.06. The number of hydrogen-bond acceptors (Lipinski definition) is 5. The molecule has 29 heavy (non-hydrogen) atoms. The lowest BCUT2D eigenvalue weighted by Crippen LogP contribution is -2.26. The monoisotopic (exact) mass is 402 g/mol. The van der Waals surface area contributed by atoms with Gasteiger partial charge in [0, 0.05) is 17.4 Å². The Hall–Kier alpha value is -3.58. The molecule has 0 bridgehead atoms. The maximum Gasteiger partial charge on any atom is 0.274 e. The average molecular weight is 402 g/mol. The topological polar surface area (TPSA) is 84.0 Å². The second kappa shape index (κ2) is 8.20. The van der Waals surface area contributed by atoms with Gasteiger partial charge < -0.3 is 10.6 Å². The predicted molar refractivity (Wildman–Crippen MR) is 114 cm³/mol. The number of fused-ring (bicyclic) bond motifs is 1. The molecule has 4 rings (SSSR count). The molecule has 0 fully saturated rings. The van der Waals surface area contributed by atoms with Gasteiger partial charge in [0.25, 0.3) is 11.8 Å². The van der Waals surface area contributed by atoms with Crippen molar-refractivity contribution in [2.24, 2.45) is 0 Å². The van der Waals surface area contributed by atoms with Crippen LogP contribution in [0, 0.1) is 0 Å². The Kier molecular flexibility index (Phi) is 5.31. The van der Waals surface area contributed by atoms with E-state index in [1.165, 1.54) is 0 Å². The first-order chi connectivity index (χ1) is 14.1. The van der Waals surface area contributed by atoms with Crippen molar-refractivity contribution in [3.63, 3.8) is 0 Å². The lowest BCUT2D eigenvalue weighted by molar-refractivity contribution is 0.0939. The Morgan fingerprint density at radius 3 is 2.55 bits per heavy atom. The number of carbonyl (C=O) groups is 2. The van der Waals surface area contributed by atoms with Crippen LogP contribution in [0.25, 0.3) is 10.2 Å². The van der Waals surface area contributed by atoms with E-state index in [9.17, 15) is 9.59 Å². The van der Waals surface area contributed by atoms with Crippen LogP contribution < -0.4 is 10.6 Å². The summed E-state index contributed by atoms with van der Waals surface area (Å²) in [5.41, 5.74) is 5.25. The fourth-order valence-electron chi connectivity index (χ4n) is 2.90. The van der Waals surface area contributed by atoms with E-state index in [4.69, 9.17) is 0 Å². The molecule has 2 heterocycles. The van der Waals surface area contributed by atoms with E-state index in [2.05, 4.69) is 20.6 Å². The van der Waals surface area contributed by atoms with Gasteiger partial charge in [-0.15, -0.1) is 11.3 Å². The lowest BCUT2D eigenvalue weighted by Gasteiger charge is -2.15. The molecule has 0 aliphatic carbocycles. The number of carbonyl (C=O) groups excluding carboxylic acids is 2. The zero-order chi connectivity index (χ0) is 20.2. The molecule has 2 N–H and O–H groups in total. The number of nitrogens with zero attached hydrogens (tertiary/aromatic N) is 2. The van der Waals surface area contributed by atoms with Gasteiger partial charge >= 0.3 is 0 Å². The third-order valence-electron chi connectivity index (χ3n) is 4.51. The summed E-state index contributed by atoms with van der Waals surface area (Å²) in [7, 11) is 0. The summed E-state index contributed by atoms with van der Waals surface area (Å²) >= 11 is 1.58. The van der Waals surface area contributed by atoms with E-state index in [0.29, 0.717) is 16.9 Å². The van der Waals surface area contributed by atoms with Gasteiger partial charge in [0.1, 0.15) is 5.69 Å². The first-order valence-corrected chi connectivity index (χ1v) is 9.94. The van der Waals surface area contributed by atoms with Crippen LogP contribution in [0.5, 0.6) is 0 Å². The van der Waals surface area contributed by atoms with Crippen LogP contribution in [0.3, 0.4) is 0 Å². The predicted octanol–water partition coefficient (Wildman–Crippen LogP) is 4.43. The molecule has 0 saturated heterocycles. The molecule has 1 atom stereocenters. The second-order valence-corrected chi connectivity index (χ2v) is 7.41. The number of nitrogens with one attached hydrogen (secondary N) is 2. The van der Waals surface area contributed by atoms with Crippen LogP contribution in [-0.4, -0.2) is 21.8 Å². The Labute approximate surface area is 171 Å². The van der Waals surface area contributed by atoms with Gasteiger partial charge in [0.15, 0.2) is 0 Å². The quantitative estimate of drug-likeness (QED) is 0.517. The van der Waals surface area contributed by atoms with Crippen molar-refractivity contribution in [3.8, 4) is 0 Å². The van der Waals surface area contributed by atoms with E-state index in [-0.39, 0.29) is 17.9 Å². The minimum Gasteiger partial charge on any atom is -0.346 e. The summed E-state index contributed by atoms with van der Waals surface area (Å²) in [6.45, 7) is 1.95. The fourth-order valence-corrected chi connectivity index (χ4v) is 3.63. The highest BCUT2D eigenvalue weighted by molar-refractivity contribution is 7.16. The number of anilines is 1. The third kappa shape index (κ3) is 4.30. The number of aromatic nitrogens is 2. The Balaban J connectivity index is 1.40. The van der Waals surface area contributed by atoms with E-state index in [0.717, 1.165) is 15.8 Å². The summed E-state index contributed by atoms with van der Waals surface area (Å²) in [5, 5.41) is 5.77. The van der Waals surface area contributed by atoms with Crippen molar-refractivity contribution in [1.29, 1.82) is 0 Å². The summed E-state index contributed by atoms with van der Waals surface area (Å²) in [4.78, 5) is 33.0. The van der Waals surface area contributed by atoms with Crippen molar-refractivity contribution in [2.45, 2.75) is 13.0 Å². The SMILES string of the molecule is CC(NC(=O)c1ccc(NC(=O)c2ccccn2)cc1)c1ccc2ncsc2c1. The molecule has 144 valence electrons. The molecular weight excluding hydrogens is 384 g/mol. The Bertz CT molecular complexity index is 1160. The normalized spacial score (nSPS) is 11.8. The Morgan fingerprint density at radius 2 is 1.79 bits per heavy atom. The van der Waals surface area contributed by atoms with Gasteiger partial charge in [-0.2, -0.15) is 0 Å². The van der Waals surface area contributed by atoms with Crippen molar-refractivity contribution < 1.29 is 9.59 Å². The molecule has 6 nitrogen and oxygen atoms in total. The molecular formula is C22H18N4O2S. The largest absolute Gasteiger partial charge is 0.346 e. The molecule has 4 aromatic rings. The number of hydrogen-bond donors (Lipinski definition) is 2. The highest BCUT2D eigenvalue weighted by atomic mass is 32.1. The number of rotatable bonds is 5. The van der Waals surface area contributed by atoms with E-state index in [1.807, 2.05) is 30.6 Å². The number of amides is 2. The molecule has 2 amide bonds. The maximum absolute atomic E-state index is 12.6. The smallest absolute Gasteiger partial charge is 0.274 e. The highest BCUT2D eigenvalue weighted by Gasteiger charge is 2.13. The van der Waals surface area contributed by atoms with Gasteiger partial charge in [-0.05, 0) is 61.0 Å². The first kappa shape index (κ1) is 18.8. The summed E-state index contributed by atoms with van der Waals surface area (Å²) in [5.74, 6) is -0.473. The second-order valence-electron chi connectivity index (χ2n) is 6.52. The van der Waals surface area contributed by atoms with Crippen LogP contribution in [-0.2, 0) is 0 Å². The van der Waals surface area contributed by atoms with Crippen molar-refractivity contribution in [1.82, 2.24) is 15.3 Å². The molecule has 0 saturated carbocycles. The van der Waals surface area contributed by atoms with Crippen molar-refractivity contribution >= 4 is 39.1 Å². The molecule has 7 heteroatoms. The van der Waals surface area contributed by atoms with Crippen LogP contribution in [0.15, 0.2) is 72.4 Å². The molecule has 1 unspecified atom stereocenters. The van der Waals surface area contributed by atoms with Gasteiger partial charge in [0.2, 0.25) is 0 Å². The van der Waals surface area contributed by atoms with Crippen LogP contribution in [0.1, 0.15) is 39.4 Å². The van der Waals surface area contributed by atoms with Crippen molar-refractivity contribution in [3.05, 3.63) is 89.2 Å². The van der Waals surface area contributed by atoms with Gasteiger partial charge in [-0.3, -0.25) is 14.6 Å². The minimum absolute atomic E-state index is 0.141. The van der Waals surface area contributed by atoms with Gasteiger partial charge in [0.05, 0.1) is 21.8 Å². The molecule has 0 radical (unpaired) electrons. The zero-order valence-corrected chi connectivity index (χ0v) is 16.4. The van der Waals surface area contributed by atoms with Crippen LogP contribution >= 0.6 is 11.3 Å². The molecule has 0 aliphatic heterocycles. The zero-order valence-electron chi connectivity index (χ0n) is 15.6. The van der Waals surface area contributed by atoms with Crippen LogP contribution in [0.4, 0.5) is 5.69 Å². The van der Waals surface area contributed by atoms with E-state index < -0.39 is 0 Å². The number of benzene rings is 2. The fraction of sp³-hybridized carbons (Fsp3) is 0.0909. The molecule has 2 aromatic carbocycles. The Morgan fingerprint density at radius 1 is 0.966 bits per heavy atom. The minimum atomic E-state index is -0.296. The maximum atomic E-state index is 12.6. The summed E-state index contributed by atoms with van der Waals surface area (Å²) < 4.78 is 1.09. The van der Waals surface area contributed by atoms with Gasteiger partial charge in [-0.25, -0.2) is 4.98 Å². The van der Waals surface area contributed by atoms with E-state index in [1.54, 1.807) is 60.0 Å². The van der Waals surface area contributed by atoms with Crippen LogP contribution in [0.2, 0.25) is 0 Å². The highest BCUT2D eigenvalue weighted by Crippen LogP contribution is 2.23. The molecule has 0 spiro atoms. The average Bonchev–Trinajstić information content (AvgIpc) is 3.22. The van der Waals surface area contributed by atoms with E-state index >= 15 is 0 Å².